The third-order valence-corrected chi connectivity index (χ3v) is 4.02. The Morgan fingerprint density at radius 2 is 2.00 bits per heavy atom. The van der Waals surface area contributed by atoms with Crippen LogP contribution in [0.1, 0.15) is 28.9 Å². The maximum absolute atomic E-state index is 12.1. The van der Waals surface area contributed by atoms with Crippen LogP contribution < -0.4 is 0 Å². The van der Waals surface area contributed by atoms with Gasteiger partial charge in [-0.25, -0.2) is 4.79 Å². The van der Waals surface area contributed by atoms with Crippen molar-refractivity contribution >= 4 is 39.2 Å². The number of hydrogen-bond donors (Lipinski definition) is 0. The Kier molecular flexibility index (Phi) is 5.15. The number of carbonyl (C=O) groups is 1. The largest absolute Gasteiger partial charge is 0.454 e. The summed E-state index contributed by atoms with van der Waals surface area (Å²) in [5.74, 6) is -0.650. The third kappa shape index (κ3) is 3.64. The van der Waals surface area contributed by atoms with Gasteiger partial charge in [0.15, 0.2) is 0 Å². The average Bonchev–Trinajstić information content (AvgIpc) is 2.47. The van der Waals surface area contributed by atoms with E-state index in [1.54, 1.807) is 31.2 Å². The summed E-state index contributed by atoms with van der Waals surface area (Å²) in [5, 5.41) is 11.4. The molecule has 0 bridgehead atoms. The SMILES string of the molecule is CC(OC(=O)c1ccc(Br)c([N+](=O)[O-])c1)c1ccccc1Cl. The lowest BCUT2D eigenvalue weighted by Crippen LogP contribution is -2.10. The van der Waals surface area contributed by atoms with E-state index >= 15 is 0 Å². The second-order valence-corrected chi connectivity index (χ2v) is 5.75. The molecule has 0 aliphatic rings. The Labute approximate surface area is 140 Å². The van der Waals surface area contributed by atoms with Crippen molar-refractivity contribution in [1.29, 1.82) is 0 Å². The number of nitro groups is 1. The molecule has 114 valence electrons. The third-order valence-electron chi connectivity index (χ3n) is 3.01. The molecule has 0 N–H and O–H groups in total. The summed E-state index contributed by atoms with van der Waals surface area (Å²) >= 11 is 9.12. The Hall–Kier alpha value is -1.92. The summed E-state index contributed by atoms with van der Waals surface area (Å²) in [6.07, 6.45) is -0.566. The zero-order valence-electron chi connectivity index (χ0n) is 11.5. The van der Waals surface area contributed by atoms with E-state index < -0.39 is 17.0 Å². The van der Waals surface area contributed by atoms with Gasteiger partial charge in [0.05, 0.1) is 15.0 Å². The average molecular weight is 385 g/mol. The van der Waals surface area contributed by atoms with E-state index in [1.807, 2.05) is 0 Å². The predicted molar refractivity (Wildman–Crippen MR) is 86.1 cm³/mol. The first-order valence-corrected chi connectivity index (χ1v) is 7.46. The molecule has 0 radical (unpaired) electrons. The molecule has 0 saturated heterocycles. The summed E-state index contributed by atoms with van der Waals surface area (Å²) < 4.78 is 5.62. The molecule has 7 heteroatoms. The molecule has 2 aromatic carbocycles. The minimum Gasteiger partial charge on any atom is -0.454 e. The van der Waals surface area contributed by atoms with Gasteiger partial charge in [-0.15, -0.1) is 0 Å². The Morgan fingerprint density at radius 1 is 1.32 bits per heavy atom. The van der Waals surface area contributed by atoms with Crippen LogP contribution in [0.15, 0.2) is 46.9 Å². The maximum Gasteiger partial charge on any atom is 0.338 e. The van der Waals surface area contributed by atoms with E-state index in [4.69, 9.17) is 16.3 Å². The summed E-state index contributed by atoms with van der Waals surface area (Å²) in [4.78, 5) is 22.4. The molecule has 0 aliphatic carbocycles. The molecule has 5 nitrogen and oxygen atoms in total. The van der Waals surface area contributed by atoms with E-state index in [2.05, 4.69) is 15.9 Å². The van der Waals surface area contributed by atoms with E-state index in [9.17, 15) is 14.9 Å². The van der Waals surface area contributed by atoms with Crippen LogP contribution in [0.5, 0.6) is 0 Å². The highest BCUT2D eigenvalue weighted by Crippen LogP contribution is 2.28. The van der Waals surface area contributed by atoms with Crippen molar-refractivity contribution in [2.75, 3.05) is 0 Å². The number of halogens is 2. The molecule has 1 atom stereocenters. The van der Waals surface area contributed by atoms with E-state index in [0.29, 0.717) is 15.1 Å². The lowest BCUT2D eigenvalue weighted by molar-refractivity contribution is -0.385. The summed E-state index contributed by atoms with van der Waals surface area (Å²) in [6.45, 7) is 1.69. The summed E-state index contributed by atoms with van der Waals surface area (Å²) in [7, 11) is 0. The first-order chi connectivity index (χ1) is 10.4. The van der Waals surface area contributed by atoms with Gasteiger partial charge in [0.2, 0.25) is 0 Å². The normalized spacial score (nSPS) is 11.8. The molecule has 0 heterocycles. The first-order valence-electron chi connectivity index (χ1n) is 6.29. The van der Waals surface area contributed by atoms with Crippen LogP contribution in [0, 0.1) is 10.1 Å². The van der Waals surface area contributed by atoms with E-state index in [1.165, 1.54) is 18.2 Å². The molecule has 0 fully saturated rings. The maximum atomic E-state index is 12.1. The molecule has 1 unspecified atom stereocenters. The number of nitrogens with zero attached hydrogens (tertiary/aromatic N) is 1. The number of esters is 1. The predicted octanol–water partition coefficient (Wildman–Crippen LogP) is 4.93. The van der Waals surface area contributed by atoms with Gasteiger partial charge in [0.25, 0.3) is 5.69 Å². The topological polar surface area (TPSA) is 69.4 Å². The van der Waals surface area contributed by atoms with Crippen LogP contribution in [0.3, 0.4) is 0 Å². The fraction of sp³-hybridized carbons (Fsp3) is 0.133. The number of nitro benzene ring substituents is 1. The Morgan fingerprint density at radius 3 is 2.64 bits per heavy atom. The highest BCUT2D eigenvalue weighted by molar-refractivity contribution is 9.10. The number of hydrogen-bond acceptors (Lipinski definition) is 4. The van der Waals surface area contributed by atoms with Gasteiger partial charge in [0.1, 0.15) is 6.10 Å². The second kappa shape index (κ2) is 6.89. The van der Waals surface area contributed by atoms with Gasteiger partial charge in [-0.3, -0.25) is 10.1 Å². The number of rotatable bonds is 4. The van der Waals surface area contributed by atoms with Gasteiger partial charge in [-0.1, -0.05) is 29.8 Å². The number of carbonyl (C=O) groups excluding carboxylic acids is 1. The number of ether oxygens (including phenoxy) is 1. The molecule has 0 amide bonds. The fourth-order valence-electron chi connectivity index (χ4n) is 1.88. The zero-order valence-corrected chi connectivity index (χ0v) is 13.8. The highest BCUT2D eigenvalue weighted by Gasteiger charge is 2.19. The quantitative estimate of drug-likeness (QED) is 0.426. The zero-order chi connectivity index (χ0) is 16.3. The minimum absolute atomic E-state index is 0.105. The van der Waals surface area contributed by atoms with Crippen LogP contribution in [-0.4, -0.2) is 10.9 Å². The van der Waals surface area contributed by atoms with Crippen molar-refractivity contribution < 1.29 is 14.5 Å². The smallest absolute Gasteiger partial charge is 0.338 e. The molecule has 2 rings (SSSR count). The number of benzene rings is 2. The van der Waals surface area contributed by atoms with Crippen molar-refractivity contribution in [2.45, 2.75) is 13.0 Å². The Balaban J connectivity index is 2.21. The molecule has 0 saturated carbocycles. The van der Waals surface area contributed by atoms with Crippen molar-refractivity contribution in [3.63, 3.8) is 0 Å². The monoisotopic (exact) mass is 383 g/mol. The van der Waals surface area contributed by atoms with Gasteiger partial charge in [-0.05, 0) is 41.1 Å². The van der Waals surface area contributed by atoms with Gasteiger partial charge >= 0.3 is 5.97 Å². The molecular weight excluding hydrogens is 374 g/mol. The van der Waals surface area contributed by atoms with Crippen LogP contribution >= 0.6 is 27.5 Å². The Bertz CT molecular complexity index is 735. The lowest BCUT2D eigenvalue weighted by atomic mass is 10.1. The van der Waals surface area contributed by atoms with E-state index in [-0.39, 0.29) is 11.3 Å². The van der Waals surface area contributed by atoms with Gasteiger partial charge in [0, 0.05) is 16.7 Å². The summed E-state index contributed by atoms with van der Waals surface area (Å²) in [6, 6.07) is 11.1. The minimum atomic E-state index is -0.650. The molecule has 0 spiro atoms. The van der Waals surface area contributed by atoms with Gasteiger partial charge < -0.3 is 4.74 Å². The van der Waals surface area contributed by atoms with E-state index in [0.717, 1.165) is 0 Å². The molecule has 0 aliphatic heterocycles. The van der Waals surface area contributed by atoms with Crippen LogP contribution in [0.4, 0.5) is 5.69 Å². The first kappa shape index (κ1) is 16.5. The summed E-state index contributed by atoms with van der Waals surface area (Å²) in [5.41, 5.74) is 0.581. The molecule has 2 aromatic rings. The molecule has 22 heavy (non-hydrogen) atoms. The van der Waals surface area contributed by atoms with Crippen molar-refractivity contribution in [1.82, 2.24) is 0 Å². The van der Waals surface area contributed by atoms with Crippen LogP contribution in [-0.2, 0) is 4.74 Å². The highest BCUT2D eigenvalue weighted by atomic mass is 79.9. The van der Waals surface area contributed by atoms with Crippen molar-refractivity contribution in [3.05, 3.63) is 73.2 Å². The van der Waals surface area contributed by atoms with Crippen LogP contribution in [0.2, 0.25) is 5.02 Å². The van der Waals surface area contributed by atoms with Crippen molar-refractivity contribution in [3.8, 4) is 0 Å². The van der Waals surface area contributed by atoms with Gasteiger partial charge in [-0.2, -0.15) is 0 Å². The molecular formula is C15H11BrClNO4. The second-order valence-electron chi connectivity index (χ2n) is 4.49. The van der Waals surface area contributed by atoms with Crippen LogP contribution in [0.25, 0.3) is 0 Å². The van der Waals surface area contributed by atoms with Crippen molar-refractivity contribution in [2.24, 2.45) is 0 Å². The standard InChI is InChI=1S/C15H11BrClNO4/c1-9(11-4-2-3-5-13(11)17)22-15(19)10-6-7-12(16)14(8-10)18(20)21/h2-9H,1H3. The molecule has 0 aromatic heterocycles. The fourth-order valence-corrected chi connectivity index (χ4v) is 2.56. The lowest BCUT2D eigenvalue weighted by Gasteiger charge is -2.15.